The number of benzene rings is 1. The zero-order valence-electron chi connectivity index (χ0n) is 14.8. The van der Waals surface area contributed by atoms with E-state index in [9.17, 15) is 0 Å². The molecule has 126 valence electrons. The van der Waals surface area contributed by atoms with E-state index in [0.717, 1.165) is 39.0 Å². The van der Waals surface area contributed by atoms with Crippen molar-refractivity contribution in [3.8, 4) is 0 Å². The lowest BCUT2D eigenvalue weighted by atomic mass is 9.85. The third-order valence-corrected chi connectivity index (χ3v) is 5.47. The molecule has 1 heterocycles. The van der Waals surface area contributed by atoms with Gasteiger partial charge in [0.25, 0.3) is 0 Å². The maximum Gasteiger partial charge on any atom is 0.0884 e. The molecule has 0 spiro atoms. The van der Waals surface area contributed by atoms with Gasteiger partial charge in [-0.3, -0.25) is 0 Å². The van der Waals surface area contributed by atoms with Gasteiger partial charge in [0.15, 0.2) is 0 Å². The van der Waals surface area contributed by atoms with Gasteiger partial charge in [0, 0.05) is 0 Å². The Morgan fingerprint density at radius 1 is 1.13 bits per heavy atom. The molecule has 0 radical (unpaired) electrons. The Hall–Kier alpha value is -1.12. The lowest BCUT2D eigenvalue weighted by Crippen LogP contribution is -2.38. The van der Waals surface area contributed by atoms with Crippen molar-refractivity contribution in [2.45, 2.75) is 64.4 Å². The van der Waals surface area contributed by atoms with E-state index >= 15 is 0 Å². The zero-order valence-corrected chi connectivity index (χ0v) is 14.8. The van der Waals surface area contributed by atoms with Gasteiger partial charge in [0.1, 0.15) is 0 Å². The summed E-state index contributed by atoms with van der Waals surface area (Å²) in [6.07, 6.45) is 8.55. The van der Waals surface area contributed by atoms with Gasteiger partial charge in [0.2, 0.25) is 0 Å². The number of unbranched alkanes of at least 4 members (excludes halogenated alkanes) is 3. The molecule has 0 fully saturated rings. The highest BCUT2D eigenvalue weighted by Gasteiger charge is 2.38. The number of ether oxygens (including phenoxy) is 1. The Bertz CT molecular complexity index is 563. The monoisotopic (exact) mass is 313 g/mol. The van der Waals surface area contributed by atoms with Gasteiger partial charge in [-0.25, -0.2) is 0 Å². The quantitative estimate of drug-likeness (QED) is 0.700. The molecule has 0 saturated carbocycles. The van der Waals surface area contributed by atoms with Crippen molar-refractivity contribution in [2.24, 2.45) is 0 Å². The van der Waals surface area contributed by atoms with Crippen LogP contribution >= 0.6 is 0 Å². The summed E-state index contributed by atoms with van der Waals surface area (Å²) in [6.45, 7) is 7.61. The molecular formula is C21H31NO. The third kappa shape index (κ3) is 3.70. The summed E-state index contributed by atoms with van der Waals surface area (Å²) >= 11 is 0. The molecule has 3 rings (SSSR count). The van der Waals surface area contributed by atoms with Crippen molar-refractivity contribution >= 4 is 5.57 Å². The van der Waals surface area contributed by atoms with Crippen LogP contribution in [0.15, 0.2) is 29.8 Å². The molecule has 23 heavy (non-hydrogen) atoms. The molecule has 1 unspecified atom stereocenters. The van der Waals surface area contributed by atoms with Crippen LogP contribution in [0.2, 0.25) is 0 Å². The van der Waals surface area contributed by atoms with E-state index in [0.29, 0.717) is 0 Å². The lowest BCUT2D eigenvalue weighted by molar-refractivity contribution is -0.0141. The second kappa shape index (κ2) is 7.63. The topological polar surface area (TPSA) is 21.3 Å². The van der Waals surface area contributed by atoms with E-state index < -0.39 is 0 Å². The average Bonchev–Trinajstić information content (AvgIpc) is 2.95. The number of hydrogen-bond acceptors (Lipinski definition) is 2. The fourth-order valence-corrected chi connectivity index (χ4v) is 4.04. The maximum atomic E-state index is 6.26. The van der Waals surface area contributed by atoms with Crippen LogP contribution in [0.3, 0.4) is 0 Å². The molecule has 2 heteroatoms. The highest BCUT2D eigenvalue weighted by molar-refractivity contribution is 5.78. The van der Waals surface area contributed by atoms with Crippen LogP contribution in [0.1, 0.15) is 63.5 Å². The van der Waals surface area contributed by atoms with Gasteiger partial charge >= 0.3 is 0 Å². The summed E-state index contributed by atoms with van der Waals surface area (Å²) in [5, 5.41) is 3.62. The first-order valence-electron chi connectivity index (χ1n) is 9.40. The fourth-order valence-electron chi connectivity index (χ4n) is 4.04. The largest absolute Gasteiger partial charge is 0.371 e. The maximum absolute atomic E-state index is 6.26. The highest BCUT2D eigenvalue weighted by atomic mass is 16.5. The summed E-state index contributed by atoms with van der Waals surface area (Å²) < 4.78 is 6.26. The minimum absolute atomic E-state index is 0.0803. The van der Waals surface area contributed by atoms with Crippen molar-refractivity contribution in [1.29, 1.82) is 0 Å². The average molecular weight is 313 g/mol. The first-order valence-corrected chi connectivity index (χ1v) is 9.40. The Kier molecular flexibility index (Phi) is 5.55. The fraction of sp³-hybridized carbons (Fsp3) is 0.619. The SMILES string of the molecule is CCCCCCNCCC1(C)OCCC2=C1Cc1ccccc12. The van der Waals surface area contributed by atoms with Crippen molar-refractivity contribution in [3.63, 3.8) is 0 Å². The number of hydrogen-bond donors (Lipinski definition) is 1. The molecule has 2 nitrogen and oxygen atoms in total. The Labute approximate surface area is 141 Å². The number of rotatable bonds is 8. The molecule has 1 atom stereocenters. The highest BCUT2D eigenvalue weighted by Crippen LogP contribution is 2.45. The Morgan fingerprint density at radius 2 is 2.00 bits per heavy atom. The molecule has 1 aliphatic carbocycles. The molecule has 1 N–H and O–H groups in total. The molecular weight excluding hydrogens is 282 g/mol. The zero-order chi connectivity index (χ0) is 16.1. The molecule has 1 aromatic carbocycles. The predicted octanol–water partition coefficient (Wildman–Crippen LogP) is 4.74. The van der Waals surface area contributed by atoms with Gasteiger partial charge in [-0.1, -0.05) is 50.5 Å². The first-order chi connectivity index (χ1) is 11.2. The van der Waals surface area contributed by atoms with E-state index in [4.69, 9.17) is 4.74 Å². The first kappa shape index (κ1) is 16.7. The van der Waals surface area contributed by atoms with Gasteiger partial charge in [-0.05, 0) is 68.0 Å². The van der Waals surface area contributed by atoms with Crippen LogP contribution in [0, 0.1) is 0 Å². The van der Waals surface area contributed by atoms with E-state index in [1.54, 1.807) is 5.57 Å². The molecule has 0 bridgehead atoms. The molecule has 1 aromatic rings. The van der Waals surface area contributed by atoms with E-state index in [1.807, 2.05) is 0 Å². The van der Waals surface area contributed by atoms with Gasteiger partial charge in [-0.2, -0.15) is 0 Å². The van der Waals surface area contributed by atoms with Gasteiger partial charge < -0.3 is 10.1 Å². The second-order valence-electron chi connectivity index (χ2n) is 7.18. The number of nitrogens with one attached hydrogen (secondary N) is 1. The summed E-state index contributed by atoms with van der Waals surface area (Å²) in [5.74, 6) is 0. The summed E-state index contributed by atoms with van der Waals surface area (Å²) in [7, 11) is 0. The molecule has 2 aliphatic rings. The van der Waals surface area contributed by atoms with Gasteiger partial charge in [0.05, 0.1) is 12.2 Å². The Balaban J connectivity index is 1.56. The summed E-state index contributed by atoms with van der Waals surface area (Å²) in [4.78, 5) is 0. The van der Waals surface area contributed by atoms with Crippen LogP contribution in [0.25, 0.3) is 5.57 Å². The van der Waals surface area contributed by atoms with Crippen molar-refractivity contribution in [1.82, 2.24) is 5.32 Å². The molecule has 0 saturated heterocycles. The second-order valence-corrected chi connectivity index (χ2v) is 7.18. The predicted molar refractivity (Wildman–Crippen MR) is 97.7 cm³/mol. The van der Waals surface area contributed by atoms with Crippen LogP contribution in [-0.4, -0.2) is 25.3 Å². The standard InChI is InChI=1S/C21H31NO/c1-3-4-5-8-13-22-14-12-21(2)20-16-17-9-6-7-10-18(17)19(20)11-15-23-21/h6-7,9-10,22H,3-5,8,11-16H2,1-2H3. The van der Waals surface area contributed by atoms with Crippen molar-refractivity contribution in [3.05, 3.63) is 41.0 Å². The Morgan fingerprint density at radius 3 is 2.87 bits per heavy atom. The normalized spacial score (nSPS) is 23.0. The number of fused-ring (bicyclic) bond motifs is 2. The summed E-state index contributed by atoms with van der Waals surface area (Å²) in [5.41, 5.74) is 5.99. The lowest BCUT2D eigenvalue weighted by Gasteiger charge is -2.36. The third-order valence-electron chi connectivity index (χ3n) is 5.47. The van der Waals surface area contributed by atoms with E-state index in [1.165, 1.54) is 42.4 Å². The van der Waals surface area contributed by atoms with Crippen molar-refractivity contribution in [2.75, 3.05) is 19.7 Å². The van der Waals surface area contributed by atoms with E-state index in [2.05, 4.69) is 43.4 Å². The smallest absolute Gasteiger partial charge is 0.0884 e. The van der Waals surface area contributed by atoms with Crippen LogP contribution in [0.4, 0.5) is 0 Å². The van der Waals surface area contributed by atoms with Gasteiger partial charge in [-0.15, -0.1) is 0 Å². The van der Waals surface area contributed by atoms with E-state index in [-0.39, 0.29) is 5.60 Å². The van der Waals surface area contributed by atoms with Crippen LogP contribution in [-0.2, 0) is 11.2 Å². The van der Waals surface area contributed by atoms with Crippen molar-refractivity contribution < 1.29 is 4.74 Å². The summed E-state index contributed by atoms with van der Waals surface area (Å²) in [6, 6.07) is 8.89. The molecule has 0 amide bonds. The molecule has 0 aromatic heterocycles. The minimum atomic E-state index is -0.0803. The van der Waals surface area contributed by atoms with Crippen LogP contribution in [0.5, 0.6) is 0 Å². The van der Waals surface area contributed by atoms with Crippen LogP contribution < -0.4 is 5.32 Å². The molecule has 1 aliphatic heterocycles. The minimum Gasteiger partial charge on any atom is -0.371 e.